The second-order valence-electron chi connectivity index (χ2n) is 5.01. The molecule has 0 spiro atoms. The van der Waals surface area contributed by atoms with Crippen LogP contribution in [0.2, 0.25) is 0 Å². The Labute approximate surface area is 105 Å². The van der Waals surface area contributed by atoms with Crippen molar-refractivity contribution in [2.75, 3.05) is 27.2 Å². The molecule has 0 amide bonds. The van der Waals surface area contributed by atoms with E-state index in [1.54, 1.807) is 7.11 Å². The molecule has 94 valence electrons. The molecule has 0 N–H and O–H groups in total. The van der Waals surface area contributed by atoms with Crippen LogP contribution in [0.25, 0.3) is 0 Å². The normalized spacial score (nSPS) is 18.3. The number of hydrogen-bond donors (Lipinski definition) is 0. The van der Waals surface area contributed by atoms with E-state index in [0.29, 0.717) is 5.92 Å². The third-order valence-corrected chi connectivity index (χ3v) is 3.86. The molecule has 2 rings (SSSR count). The Balaban J connectivity index is 2.19. The molecule has 1 aliphatic heterocycles. The molecule has 0 bridgehead atoms. The van der Waals surface area contributed by atoms with Crippen molar-refractivity contribution in [3.05, 3.63) is 29.3 Å². The zero-order valence-electron chi connectivity index (χ0n) is 11.2. The van der Waals surface area contributed by atoms with Crippen molar-refractivity contribution in [2.24, 2.45) is 0 Å². The van der Waals surface area contributed by atoms with Gasteiger partial charge in [-0.1, -0.05) is 19.1 Å². The van der Waals surface area contributed by atoms with Crippen LogP contribution in [0.15, 0.2) is 18.2 Å². The molecule has 0 radical (unpaired) electrons. The average molecular weight is 233 g/mol. The Hall–Kier alpha value is -1.02. The molecule has 1 aliphatic rings. The first-order valence-electron chi connectivity index (χ1n) is 6.60. The van der Waals surface area contributed by atoms with Gasteiger partial charge in [0.1, 0.15) is 5.75 Å². The number of benzene rings is 1. The fourth-order valence-corrected chi connectivity index (χ4v) is 2.63. The van der Waals surface area contributed by atoms with Crippen LogP contribution in [0.5, 0.6) is 5.75 Å². The van der Waals surface area contributed by atoms with Gasteiger partial charge in [-0.25, -0.2) is 0 Å². The maximum absolute atomic E-state index is 5.55. The van der Waals surface area contributed by atoms with Crippen LogP contribution in [0, 0.1) is 0 Å². The smallest absolute Gasteiger partial charge is 0.122 e. The topological polar surface area (TPSA) is 12.5 Å². The number of nitrogens with zero attached hydrogens (tertiary/aromatic N) is 1. The summed E-state index contributed by atoms with van der Waals surface area (Å²) in [5, 5.41) is 0. The molecule has 1 saturated heterocycles. The molecule has 1 heterocycles. The predicted molar refractivity (Wildman–Crippen MR) is 71.8 cm³/mol. The Morgan fingerprint density at radius 2 is 2.00 bits per heavy atom. The first-order chi connectivity index (χ1) is 8.24. The van der Waals surface area contributed by atoms with E-state index >= 15 is 0 Å². The number of piperidine rings is 1. The summed E-state index contributed by atoms with van der Waals surface area (Å²) in [7, 11) is 3.99. The molecule has 1 fully saturated rings. The van der Waals surface area contributed by atoms with E-state index in [9.17, 15) is 0 Å². The van der Waals surface area contributed by atoms with Crippen LogP contribution in [0.4, 0.5) is 0 Å². The first-order valence-corrected chi connectivity index (χ1v) is 6.60. The van der Waals surface area contributed by atoms with Crippen LogP contribution in [0.1, 0.15) is 36.8 Å². The van der Waals surface area contributed by atoms with Crippen molar-refractivity contribution in [3.8, 4) is 5.75 Å². The van der Waals surface area contributed by atoms with Crippen LogP contribution < -0.4 is 4.74 Å². The lowest BCUT2D eigenvalue weighted by atomic mass is 9.88. The average Bonchev–Trinajstić information content (AvgIpc) is 2.39. The lowest BCUT2D eigenvalue weighted by Gasteiger charge is -2.30. The molecule has 0 aliphatic carbocycles. The van der Waals surface area contributed by atoms with Crippen molar-refractivity contribution in [1.29, 1.82) is 0 Å². The van der Waals surface area contributed by atoms with Gasteiger partial charge in [-0.2, -0.15) is 0 Å². The van der Waals surface area contributed by atoms with Crippen LogP contribution in [0.3, 0.4) is 0 Å². The predicted octanol–water partition coefficient (Wildman–Crippen LogP) is 3.07. The lowest BCUT2D eigenvalue weighted by Crippen LogP contribution is -2.29. The van der Waals surface area contributed by atoms with Gasteiger partial charge in [0.25, 0.3) is 0 Å². The van der Waals surface area contributed by atoms with E-state index in [4.69, 9.17) is 4.74 Å². The van der Waals surface area contributed by atoms with E-state index in [1.165, 1.54) is 37.1 Å². The Bertz CT molecular complexity index is 367. The molecule has 0 saturated carbocycles. The molecule has 1 aromatic rings. The SMILES string of the molecule is CCc1ccc(C2CCN(C)CC2)c(OC)c1. The summed E-state index contributed by atoms with van der Waals surface area (Å²) in [6.07, 6.45) is 3.57. The fraction of sp³-hybridized carbons (Fsp3) is 0.600. The number of ether oxygens (including phenoxy) is 1. The van der Waals surface area contributed by atoms with E-state index in [-0.39, 0.29) is 0 Å². The van der Waals surface area contributed by atoms with Crippen LogP contribution in [-0.4, -0.2) is 32.1 Å². The van der Waals surface area contributed by atoms with Crippen LogP contribution in [-0.2, 0) is 6.42 Å². The van der Waals surface area contributed by atoms with Gasteiger partial charge < -0.3 is 9.64 Å². The summed E-state index contributed by atoms with van der Waals surface area (Å²) < 4.78 is 5.55. The lowest BCUT2D eigenvalue weighted by molar-refractivity contribution is 0.252. The quantitative estimate of drug-likeness (QED) is 0.795. The van der Waals surface area contributed by atoms with Crippen molar-refractivity contribution in [2.45, 2.75) is 32.1 Å². The van der Waals surface area contributed by atoms with Crippen LogP contribution >= 0.6 is 0 Å². The number of rotatable bonds is 3. The molecule has 0 unspecified atom stereocenters. The minimum Gasteiger partial charge on any atom is -0.496 e. The largest absolute Gasteiger partial charge is 0.496 e. The van der Waals surface area contributed by atoms with Gasteiger partial charge in [-0.05, 0) is 62.5 Å². The first kappa shape index (κ1) is 12.4. The van der Waals surface area contributed by atoms with Gasteiger partial charge in [0, 0.05) is 0 Å². The van der Waals surface area contributed by atoms with Gasteiger partial charge in [0.15, 0.2) is 0 Å². The van der Waals surface area contributed by atoms with Gasteiger partial charge in [-0.15, -0.1) is 0 Å². The van der Waals surface area contributed by atoms with Gasteiger partial charge in [0.05, 0.1) is 7.11 Å². The highest BCUT2D eigenvalue weighted by atomic mass is 16.5. The summed E-state index contributed by atoms with van der Waals surface area (Å²) in [6.45, 7) is 4.58. The number of likely N-dealkylation sites (tertiary alicyclic amines) is 1. The molecule has 1 aromatic carbocycles. The highest BCUT2D eigenvalue weighted by molar-refractivity contribution is 5.40. The Morgan fingerprint density at radius 3 is 2.59 bits per heavy atom. The molecule has 2 nitrogen and oxygen atoms in total. The maximum Gasteiger partial charge on any atom is 0.122 e. The summed E-state index contributed by atoms with van der Waals surface area (Å²) in [5.41, 5.74) is 2.76. The third kappa shape index (κ3) is 2.81. The summed E-state index contributed by atoms with van der Waals surface area (Å²) in [5.74, 6) is 1.76. The van der Waals surface area contributed by atoms with Crippen molar-refractivity contribution < 1.29 is 4.74 Å². The summed E-state index contributed by atoms with van der Waals surface area (Å²) >= 11 is 0. The van der Waals surface area contributed by atoms with E-state index in [2.05, 4.69) is 37.1 Å². The standard InChI is InChI=1S/C15H23NO/c1-4-12-5-6-14(15(11-12)17-3)13-7-9-16(2)10-8-13/h5-6,11,13H,4,7-10H2,1-3H3. The minimum atomic E-state index is 0.673. The van der Waals surface area contributed by atoms with E-state index in [1.807, 2.05) is 0 Å². The second kappa shape index (κ2) is 5.54. The second-order valence-corrected chi connectivity index (χ2v) is 5.01. The summed E-state index contributed by atoms with van der Waals surface area (Å²) in [6, 6.07) is 6.72. The van der Waals surface area contributed by atoms with Gasteiger partial charge in [0.2, 0.25) is 0 Å². The zero-order valence-corrected chi connectivity index (χ0v) is 11.2. The van der Waals surface area contributed by atoms with Crippen molar-refractivity contribution >= 4 is 0 Å². The van der Waals surface area contributed by atoms with Crippen molar-refractivity contribution in [1.82, 2.24) is 4.90 Å². The highest BCUT2D eigenvalue weighted by Gasteiger charge is 2.21. The zero-order chi connectivity index (χ0) is 12.3. The molecule has 17 heavy (non-hydrogen) atoms. The highest BCUT2D eigenvalue weighted by Crippen LogP contribution is 2.34. The van der Waals surface area contributed by atoms with E-state index < -0.39 is 0 Å². The number of aryl methyl sites for hydroxylation is 1. The summed E-state index contributed by atoms with van der Waals surface area (Å²) in [4.78, 5) is 2.41. The van der Waals surface area contributed by atoms with Gasteiger partial charge in [-0.3, -0.25) is 0 Å². The Kier molecular flexibility index (Phi) is 4.06. The Morgan fingerprint density at radius 1 is 1.29 bits per heavy atom. The number of hydrogen-bond acceptors (Lipinski definition) is 2. The maximum atomic E-state index is 5.55. The van der Waals surface area contributed by atoms with E-state index in [0.717, 1.165) is 12.2 Å². The molecular weight excluding hydrogens is 210 g/mol. The number of methoxy groups -OCH3 is 1. The third-order valence-electron chi connectivity index (χ3n) is 3.86. The fourth-order valence-electron chi connectivity index (χ4n) is 2.63. The van der Waals surface area contributed by atoms with Crippen molar-refractivity contribution in [3.63, 3.8) is 0 Å². The van der Waals surface area contributed by atoms with Gasteiger partial charge >= 0.3 is 0 Å². The molecule has 2 heteroatoms. The molecular formula is C15H23NO. The molecule has 0 aromatic heterocycles. The molecule has 0 atom stereocenters. The monoisotopic (exact) mass is 233 g/mol. The minimum absolute atomic E-state index is 0.673.